The molecule has 2 aliphatic rings. The molecule has 3 heterocycles. The Balaban J connectivity index is 1.29. The number of nitrogens with zero attached hydrogens (tertiary/aromatic N) is 5. The van der Waals surface area contributed by atoms with E-state index < -0.39 is 11.6 Å². The van der Waals surface area contributed by atoms with Crippen molar-refractivity contribution in [2.24, 2.45) is 0 Å². The number of hydrogen-bond donors (Lipinski definition) is 0. The van der Waals surface area contributed by atoms with Crippen molar-refractivity contribution < 1.29 is 8.78 Å². The Morgan fingerprint density at radius 2 is 1.64 bits per heavy atom. The topological polar surface area (TPSA) is 37.2 Å². The minimum Gasteiger partial charge on any atom is -0.338 e. The number of benzene rings is 2. The van der Waals surface area contributed by atoms with Gasteiger partial charge in [0.2, 0.25) is 5.95 Å². The summed E-state index contributed by atoms with van der Waals surface area (Å²) in [6, 6.07) is 14.1. The van der Waals surface area contributed by atoms with Crippen molar-refractivity contribution in [3.05, 3.63) is 83.7 Å². The third-order valence-electron chi connectivity index (χ3n) is 6.61. The summed E-state index contributed by atoms with van der Waals surface area (Å²) in [6.45, 7) is 4.47. The largest absolute Gasteiger partial charge is 0.338 e. The molecule has 1 aliphatic carbocycles. The summed E-state index contributed by atoms with van der Waals surface area (Å²) in [4.78, 5) is 14.2. The SMILES string of the molecule is Fc1cc(F)cc(-n2cc(C3CC3)c3cnc(N4CCN(Cc5ccccc5)CC4)nc32)c1. The molecule has 0 atom stereocenters. The van der Waals surface area contributed by atoms with Crippen molar-refractivity contribution in [3.63, 3.8) is 0 Å². The molecule has 0 amide bonds. The van der Waals surface area contributed by atoms with Gasteiger partial charge in [-0.2, -0.15) is 4.98 Å². The molecule has 0 N–H and O–H groups in total. The van der Waals surface area contributed by atoms with Crippen LogP contribution in [-0.2, 0) is 6.54 Å². The van der Waals surface area contributed by atoms with Gasteiger partial charge in [0, 0.05) is 56.6 Å². The van der Waals surface area contributed by atoms with Gasteiger partial charge < -0.3 is 9.47 Å². The zero-order chi connectivity index (χ0) is 22.4. The lowest BCUT2D eigenvalue weighted by molar-refractivity contribution is 0.249. The van der Waals surface area contributed by atoms with Crippen LogP contribution in [0.15, 0.2) is 60.9 Å². The molecule has 4 aromatic rings. The Bertz CT molecular complexity index is 1270. The lowest BCUT2D eigenvalue weighted by Crippen LogP contribution is -2.46. The molecule has 6 rings (SSSR count). The Kier molecular flexibility index (Phi) is 5.06. The van der Waals surface area contributed by atoms with Gasteiger partial charge in [-0.1, -0.05) is 30.3 Å². The molecule has 0 unspecified atom stereocenters. The molecule has 2 aromatic carbocycles. The van der Waals surface area contributed by atoms with Gasteiger partial charge >= 0.3 is 0 Å². The van der Waals surface area contributed by atoms with E-state index in [1.807, 2.05) is 23.0 Å². The van der Waals surface area contributed by atoms with E-state index in [4.69, 9.17) is 4.98 Å². The van der Waals surface area contributed by atoms with Crippen molar-refractivity contribution in [1.29, 1.82) is 0 Å². The molecule has 2 fully saturated rings. The standard InChI is InChI=1S/C26H25F2N5/c27-20-12-21(28)14-22(13-20)33-17-24(19-6-7-19)23-15-29-26(30-25(23)33)32-10-8-31(9-11-32)16-18-4-2-1-3-5-18/h1-5,12-15,17,19H,6-11,16H2. The highest BCUT2D eigenvalue weighted by molar-refractivity contribution is 5.83. The third-order valence-corrected chi connectivity index (χ3v) is 6.61. The Hall–Kier alpha value is -3.32. The lowest BCUT2D eigenvalue weighted by Gasteiger charge is -2.34. The first-order valence-corrected chi connectivity index (χ1v) is 11.5. The summed E-state index contributed by atoms with van der Waals surface area (Å²) < 4.78 is 29.7. The fraction of sp³-hybridized carbons (Fsp3) is 0.308. The van der Waals surface area contributed by atoms with Gasteiger partial charge in [0.1, 0.15) is 17.3 Å². The summed E-state index contributed by atoms with van der Waals surface area (Å²) in [7, 11) is 0. The maximum absolute atomic E-state index is 14.0. The molecule has 7 heteroatoms. The Labute approximate surface area is 191 Å². The summed E-state index contributed by atoms with van der Waals surface area (Å²) in [5.74, 6) is -0.0455. The van der Waals surface area contributed by atoms with Gasteiger partial charge in [0.15, 0.2) is 0 Å². The predicted molar refractivity (Wildman–Crippen MR) is 125 cm³/mol. The number of fused-ring (bicyclic) bond motifs is 1. The lowest BCUT2D eigenvalue weighted by atomic mass is 10.2. The van der Waals surface area contributed by atoms with Crippen LogP contribution in [0, 0.1) is 11.6 Å². The number of aromatic nitrogens is 3. The van der Waals surface area contributed by atoms with Crippen LogP contribution >= 0.6 is 0 Å². The van der Waals surface area contributed by atoms with E-state index in [0.717, 1.165) is 62.6 Å². The number of halogens is 2. The summed E-state index contributed by atoms with van der Waals surface area (Å²) in [6.07, 6.45) is 6.12. The number of rotatable bonds is 5. The molecular weight excluding hydrogens is 420 g/mol. The Morgan fingerprint density at radius 3 is 2.33 bits per heavy atom. The summed E-state index contributed by atoms with van der Waals surface area (Å²) in [5, 5.41) is 0.966. The second kappa shape index (κ2) is 8.23. The highest BCUT2D eigenvalue weighted by Crippen LogP contribution is 2.44. The molecule has 33 heavy (non-hydrogen) atoms. The zero-order valence-corrected chi connectivity index (χ0v) is 18.3. The smallest absolute Gasteiger partial charge is 0.227 e. The van der Waals surface area contributed by atoms with E-state index in [1.165, 1.54) is 17.7 Å². The molecule has 5 nitrogen and oxygen atoms in total. The van der Waals surface area contributed by atoms with Crippen LogP contribution in [0.25, 0.3) is 16.7 Å². The van der Waals surface area contributed by atoms with Crippen LogP contribution in [0.4, 0.5) is 14.7 Å². The highest BCUT2D eigenvalue weighted by Gasteiger charge is 2.29. The van der Waals surface area contributed by atoms with Crippen molar-refractivity contribution in [1.82, 2.24) is 19.4 Å². The van der Waals surface area contributed by atoms with Crippen LogP contribution in [-0.4, -0.2) is 45.6 Å². The van der Waals surface area contributed by atoms with Crippen molar-refractivity contribution in [2.45, 2.75) is 25.3 Å². The highest BCUT2D eigenvalue weighted by atomic mass is 19.1. The molecule has 0 bridgehead atoms. The van der Waals surface area contributed by atoms with Crippen LogP contribution < -0.4 is 4.90 Å². The quantitative estimate of drug-likeness (QED) is 0.438. The molecule has 1 saturated carbocycles. The van der Waals surface area contributed by atoms with Gasteiger partial charge in [-0.05, 0) is 42.0 Å². The second-order valence-corrected chi connectivity index (χ2v) is 9.01. The van der Waals surface area contributed by atoms with Gasteiger partial charge in [0.25, 0.3) is 0 Å². The van der Waals surface area contributed by atoms with E-state index in [0.29, 0.717) is 23.2 Å². The first-order chi connectivity index (χ1) is 16.1. The molecule has 168 valence electrons. The van der Waals surface area contributed by atoms with Gasteiger partial charge in [0.05, 0.1) is 5.69 Å². The van der Waals surface area contributed by atoms with E-state index in [2.05, 4.69) is 39.0 Å². The monoisotopic (exact) mass is 445 g/mol. The summed E-state index contributed by atoms with van der Waals surface area (Å²) in [5.41, 5.74) is 3.63. The average Bonchev–Trinajstić information content (AvgIpc) is 3.59. The number of hydrogen-bond acceptors (Lipinski definition) is 4. The average molecular weight is 446 g/mol. The first kappa shape index (κ1) is 20.3. The van der Waals surface area contributed by atoms with E-state index in [1.54, 1.807) is 0 Å². The predicted octanol–water partition coefficient (Wildman–Crippen LogP) is 4.90. The molecular formula is C26H25F2N5. The minimum absolute atomic E-state index is 0.446. The van der Waals surface area contributed by atoms with Gasteiger partial charge in [-0.15, -0.1) is 0 Å². The van der Waals surface area contributed by atoms with Crippen molar-refractivity contribution in [3.8, 4) is 5.69 Å². The van der Waals surface area contributed by atoms with E-state index in [-0.39, 0.29) is 0 Å². The van der Waals surface area contributed by atoms with Crippen LogP contribution in [0.5, 0.6) is 0 Å². The van der Waals surface area contributed by atoms with Crippen molar-refractivity contribution >= 4 is 17.0 Å². The van der Waals surface area contributed by atoms with E-state index in [9.17, 15) is 8.78 Å². The molecule has 1 saturated heterocycles. The first-order valence-electron chi connectivity index (χ1n) is 11.5. The fourth-order valence-corrected chi connectivity index (χ4v) is 4.72. The molecule has 0 spiro atoms. The van der Waals surface area contributed by atoms with Crippen LogP contribution in [0.1, 0.15) is 29.9 Å². The van der Waals surface area contributed by atoms with Gasteiger partial charge in [-0.25, -0.2) is 13.8 Å². The van der Waals surface area contributed by atoms with Crippen LogP contribution in [0.2, 0.25) is 0 Å². The van der Waals surface area contributed by atoms with Crippen molar-refractivity contribution in [2.75, 3.05) is 31.1 Å². The molecule has 0 radical (unpaired) electrons. The Morgan fingerprint density at radius 1 is 0.909 bits per heavy atom. The number of anilines is 1. The fourth-order valence-electron chi connectivity index (χ4n) is 4.72. The summed E-state index contributed by atoms with van der Waals surface area (Å²) >= 11 is 0. The van der Waals surface area contributed by atoms with Gasteiger partial charge in [-0.3, -0.25) is 4.90 Å². The van der Waals surface area contributed by atoms with Crippen LogP contribution in [0.3, 0.4) is 0 Å². The maximum atomic E-state index is 14.0. The second-order valence-electron chi connectivity index (χ2n) is 9.01. The minimum atomic E-state index is -0.594. The maximum Gasteiger partial charge on any atom is 0.227 e. The van der Waals surface area contributed by atoms with E-state index >= 15 is 0 Å². The third kappa shape index (κ3) is 4.09. The normalized spacial score (nSPS) is 17.1. The number of piperazine rings is 1. The molecule has 2 aromatic heterocycles. The molecule has 1 aliphatic heterocycles. The zero-order valence-electron chi connectivity index (χ0n) is 18.3.